The number of hydrogen-bond donors (Lipinski definition) is 0. The Bertz CT molecular complexity index is 614. The summed E-state index contributed by atoms with van der Waals surface area (Å²) in [6, 6.07) is 8.95. The average molecular weight is 287 g/mol. The molecule has 0 fully saturated rings. The molecule has 1 aromatic heterocycles. The molecule has 0 spiro atoms. The normalized spacial score (nSPS) is 12.3. The molecular formula is C16H21N3O2. The SMILES string of the molecule is COc1ncc(-c2cccc(C(C)N(C)C)c2)c(OC)n1. The van der Waals surface area contributed by atoms with Crippen molar-refractivity contribution in [3.8, 4) is 23.0 Å². The summed E-state index contributed by atoms with van der Waals surface area (Å²) in [5, 5.41) is 0. The molecule has 0 saturated heterocycles. The number of rotatable bonds is 5. The van der Waals surface area contributed by atoms with Crippen molar-refractivity contribution in [2.75, 3.05) is 28.3 Å². The summed E-state index contributed by atoms with van der Waals surface area (Å²) in [4.78, 5) is 10.6. The molecule has 1 heterocycles. The molecule has 5 heteroatoms. The van der Waals surface area contributed by atoms with Crippen molar-refractivity contribution >= 4 is 0 Å². The molecular weight excluding hydrogens is 266 g/mol. The molecule has 0 amide bonds. The van der Waals surface area contributed by atoms with E-state index in [9.17, 15) is 0 Å². The first-order valence-electron chi connectivity index (χ1n) is 6.78. The van der Waals surface area contributed by atoms with Crippen molar-refractivity contribution in [3.05, 3.63) is 36.0 Å². The number of benzene rings is 1. The number of aromatic nitrogens is 2. The van der Waals surface area contributed by atoms with Gasteiger partial charge in [0.25, 0.3) is 0 Å². The number of nitrogens with zero attached hydrogens (tertiary/aromatic N) is 3. The molecule has 1 aromatic carbocycles. The summed E-state index contributed by atoms with van der Waals surface area (Å²) < 4.78 is 10.4. The lowest BCUT2D eigenvalue weighted by Crippen LogP contribution is -2.16. The van der Waals surface area contributed by atoms with Crippen LogP contribution in [-0.2, 0) is 0 Å². The molecule has 0 aliphatic heterocycles. The Labute approximate surface area is 125 Å². The van der Waals surface area contributed by atoms with Gasteiger partial charge < -0.3 is 14.4 Å². The van der Waals surface area contributed by atoms with Crippen molar-refractivity contribution in [2.45, 2.75) is 13.0 Å². The van der Waals surface area contributed by atoms with Crippen molar-refractivity contribution in [2.24, 2.45) is 0 Å². The topological polar surface area (TPSA) is 47.5 Å². The van der Waals surface area contributed by atoms with Gasteiger partial charge in [-0.05, 0) is 38.2 Å². The minimum atomic E-state index is 0.299. The van der Waals surface area contributed by atoms with Gasteiger partial charge in [0.05, 0.1) is 19.8 Å². The van der Waals surface area contributed by atoms with Gasteiger partial charge >= 0.3 is 6.01 Å². The molecule has 1 atom stereocenters. The minimum absolute atomic E-state index is 0.299. The molecule has 5 nitrogen and oxygen atoms in total. The largest absolute Gasteiger partial charge is 0.480 e. The van der Waals surface area contributed by atoms with Crippen LogP contribution in [0.15, 0.2) is 30.5 Å². The summed E-state index contributed by atoms with van der Waals surface area (Å²) in [6.45, 7) is 2.17. The maximum atomic E-state index is 5.35. The smallest absolute Gasteiger partial charge is 0.319 e. The Hall–Kier alpha value is -2.14. The monoisotopic (exact) mass is 287 g/mol. The van der Waals surface area contributed by atoms with Crippen LogP contribution in [0.1, 0.15) is 18.5 Å². The first-order valence-corrected chi connectivity index (χ1v) is 6.78. The van der Waals surface area contributed by atoms with Crippen molar-refractivity contribution in [3.63, 3.8) is 0 Å². The fraction of sp³-hybridized carbons (Fsp3) is 0.375. The Morgan fingerprint density at radius 2 is 1.90 bits per heavy atom. The van der Waals surface area contributed by atoms with Gasteiger partial charge in [0.1, 0.15) is 0 Å². The van der Waals surface area contributed by atoms with Crippen LogP contribution in [-0.4, -0.2) is 43.2 Å². The van der Waals surface area contributed by atoms with Gasteiger partial charge in [-0.2, -0.15) is 4.98 Å². The molecule has 21 heavy (non-hydrogen) atoms. The summed E-state index contributed by atoms with van der Waals surface area (Å²) >= 11 is 0. The van der Waals surface area contributed by atoms with Crippen LogP contribution in [0.5, 0.6) is 11.9 Å². The van der Waals surface area contributed by atoms with Gasteiger partial charge in [0.15, 0.2) is 0 Å². The predicted molar refractivity (Wildman–Crippen MR) is 82.7 cm³/mol. The van der Waals surface area contributed by atoms with Crippen molar-refractivity contribution in [1.82, 2.24) is 14.9 Å². The quantitative estimate of drug-likeness (QED) is 0.846. The second-order valence-electron chi connectivity index (χ2n) is 5.04. The lowest BCUT2D eigenvalue weighted by Gasteiger charge is -2.20. The van der Waals surface area contributed by atoms with E-state index in [4.69, 9.17) is 9.47 Å². The zero-order valence-corrected chi connectivity index (χ0v) is 13.1. The van der Waals surface area contributed by atoms with Crippen molar-refractivity contribution < 1.29 is 9.47 Å². The minimum Gasteiger partial charge on any atom is -0.480 e. The fourth-order valence-electron chi connectivity index (χ4n) is 2.07. The molecule has 0 aliphatic carbocycles. The molecule has 0 aliphatic rings. The van der Waals surface area contributed by atoms with Gasteiger partial charge in [-0.25, -0.2) is 4.98 Å². The van der Waals surface area contributed by atoms with Gasteiger partial charge in [-0.3, -0.25) is 0 Å². The highest BCUT2D eigenvalue weighted by Gasteiger charge is 2.13. The third kappa shape index (κ3) is 3.31. The second-order valence-corrected chi connectivity index (χ2v) is 5.04. The van der Waals surface area contributed by atoms with Crippen LogP contribution in [0.2, 0.25) is 0 Å². The average Bonchev–Trinajstić information content (AvgIpc) is 2.53. The first kappa shape index (κ1) is 15.3. The summed E-state index contributed by atoms with van der Waals surface area (Å²) in [6.07, 6.45) is 1.73. The molecule has 1 unspecified atom stereocenters. The van der Waals surface area contributed by atoms with E-state index in [1.165, 1.54) is 12.7 Å². The second kappa shape index (κ2) is 6.54. The fourth-order valence-corrected chi connectivity index (χ4v) is 2.07. The third-order valence-electron chi connectivity index (χ3n) is 3.56. The molecule has 2 rings (SSSR count). The highest BCUT2D eigenvalue weighted by molar-refractivity contribution is 5.68. The van der Waals surface area contributed by atoms with Crippen LogP contribution >= 0.6 is 0 Å². The van der Waals surface area contributed by atoms with Gasteiger partial charge in [-0.1, -0.05) is 18.2 Å². The Morgan fingerprint density at radius 1 is 1.14 bits per heavy atom. The lowest BCUT2D eigenvalue weighted by molar-refractivity contribution is 0.321. The maximum absolute atomic E-state index is 5.35. The summed E-state index contributed by atoms with van der Waals surface area (Å²) in [5.41, 5.74) is 3.11. The Balaban J connectivity index is 2.45. The third-order valence-corrected chi connectivity index (χ3v) is 3.56. The van der Waals surface area contributed by atoms with Crippen molar-refractivity contribution in [1.29, 1.82) is 0 Å². The molecule has 0 radical (unpaired) electrons. The van der Waals surface area contributed by atoms with Crippen LogP contribution in [0.3, 0.4) is 0 Å². The van der Waals surface area contributed by atoms with E-state index in [1.807, 2.05) is 12.1 Å². The first-order chi connectivity index (χ1) is 10.1. The lowest BCUT2D eigenvalue weighted by atomic mass is 10.0. The summed E-state index contributed by atoms with van der Waals surface area (Å²) in [5.74, 6) is 0.511. The molecule has 2 aromatic rings. The highest BCUT2D eigenvalue weighted by Crippen LogP contribution is 2.31. The Morgan fingerprint density at radius 3 is 2.52 bits per heavy atom. The number of methoxy groups -OCH3 is 2. The van der Waals surface area contributed by atoms with Crippen LogP contribution < -0.4 is 9.47 Å². The van der Waals surface area contributed by atoms with Gasteiger partial charge in [0, 0.05) is 12.2 Å². The van der Waals surface area contributed by atoms with Gasteiger partial charge in [-0.15, -0.1) is 0 Å². The number of hydrogen-bond acceptors (Lipinski definition) is 5. The van der Waals surface area contributed by atoms with Gasteiger partial charge in [0.2, 0.25) is 5.88 Å². The number of ether oxygens (including phenoxy) is 2. The van der Waals surface area contributed by atoms with E-state index in [-0.39, 0.29) is 0 Å². The van der Waals surface area contributed by atoms with E-state index >= 15 is 0 Å². The van der Waals surface area contributed by atoms with Crippen LogP contribution in [0, 0.1) is 0 Å². The van der Waals surface area contributed by atoms with E-state index in [1.54, 1.807) is 13.3 Å². The van der Waals surface area contributed by atoms with E-state index in [0.29, 0.717) is 17.9 Å². The molecule has 0 bridgehead atoms. The molecule has 0 saturated carbocycles. The zero-order chi connectivity index (χ0) is 15.4. The molecule has 0 N–H and O–H groups in total. The van der Waals surface area contributed by atoms with E-state index < -0.39 is 0 Å². The predicted octanol–water partition coefficient (Wildman–Crippen LogP) is 2.78. The Kier molecular flexibility index (Phi) is 4.75. The molecule has 112 valence electrons. The van der Waals surface area contributed by atoms with Crippen LogP contribution in [0.4, 0.5) is 0 Å². The van der Waals surface area contributed by atoms with Crippen LogP contribution in [0.25, 0.3) is 11.1 Å². The maximum Gasteiger partial charge on any atom is 0.319 e. The standard InChI is InChI=1S/C16H21N3O2/c1-11(19(2)3)12-7-6-8-13(9-12)14-10-17-16(21-5)18-15(14)20-4/h6-11H,1-5H3. The van der Waals surface area contributed by atoms with E-state index in [0.717, 1.165) is 11.1 Å². The summed E-state index contributed by atoms with van der Waals surface area (Å²) in [7, 11) is 7.26. The highest BCUT2D eigenvalue weighted by atomic mass is 16.5. The van der Waals surface area contributed by atoms with E-state index in [2.05, 4.69) is 48.0 Å². The zero-order valence-electron chi connectivity index (χ0n) is 13.1.